The van der Waals surface area contributed by atoms with Crippen LogP contribution < -0.4 is 9.47 Å². The van der Waals surface area contributed by atoms with Crippen molar-refractivity contribution < 1.29 is 33.3 Å². The second-order valence-corrected chi connectivity index (χ2v) is 8.28. The molecule has 1 amide bonds. The number of hydrogen-bond donors (Lipinski definition) is 0. The summed E-state index contributed by atoms with van der Waals surface area (Å²) < 4.78 is 27.7. The first-order valence-corrected chi connectivity index (χ1v) is 10.2. The molecule has 0 radical (unpaired) electrons. The third-order valence-electron chi connectivity index (χ3n) is 5.00. The number of methoxy groups -OCH3 is 3. The van der Waals surface area contributed by atoms with E-state index < -0.39 is 36.0 Å². The molecule has 3 unspecified atom stereocenters. The van der Waals surface area contributed by atoms with Gasteiger partial charge in [0.2, 0.25) is 0 Å². The van der Waals surface area contributed by atoms with Gasteiger partial charge in [-0.1, -0.05) is 30.3 Å². The average Bonchev–Trinajstić information content (AvgIpc) is 3.18. The van der Waals surface area contributed by atoms with Crippen molar-refractivity contribution in [1.82, 2.24) is 4.90 Å². The van der Waals surface area contributed by atoms with E-state index in [0.29, 0.717) is 22.6 Å². The van der Waals surface area contributed by atoms with Crippen molar-refractivity contribution in [2.24, 2.45) is 0 Å². The van der Waals surface area contributed by atoms with Crippen molar-refractivity contribution in [3.63, 3.8) is 0 Å². The Kier molecular flexibility index (Phi) is 6.93. The predicted molar refractivity (Wildman–Crippen MR) is 116 cm³/mol. The van der Waals surface area contributed by atoms with Crippen LogP contribution >= 0.6 is 0 Å². The van der Waals surface area contributed by atoms with Gasteiger partial charge in [0, 0.05) is 11.6 Å². The largest absolute Gasteiger partial charge is 0.497 e. The first-order chi connectivity index (χ1) is 15.2. The maximum absolute atomic E-state index is 13.4. The number of carbonyl (C=O) groups excluding carboxylic acids is 2. The van der Waals surface area contributed by atoms with Crippen molar-refractivity contribution >= 4 is 12.1 Å². The van der Waals surface area contributed by atoms with Crippen LogP contribution in [0, 0.1) is 0 Å². The second kappa shape index (κ2) is 9.48. The summed E-state index contributed by atoms with van der Waals surface area (Å²) in [6.07, 6.45) is -2.65. The van der Waals surface area contributed by atoms with Gasteiger partial charge in [-0.25, -0.2) is 9.59 Å². The van der Waals surface area contributed by atoms with E-state index in [-0.39, 0.29) is 0 Å². The topological polar surface area (TPSA) is 83.5 Å². The van der Waals surface area contributed by atoms with Crippen LogP contribution in [0.2, 0.25) is 0 Å². The van der Waals surface area contributed by atoms with Gasteiger partial charge in [0.25, 0.3) is 0 Å². The van der Waals surface area contributed by atoms with E-state index in [9.17, 15) is 9.59 Å². The molecule has 0 spiro atoms. The molecule has 172 valence electrons. The molecule has 1 saturated heterocycles. The summed E-state index contributed by atoms with van der Waals surface area (Å²) in [6.45, 7) is 5.33. The van der Waals surface area contributed by atoms with E-state index in [4.69, 9.17) is 23.7 Å². The van der Waals surface area contributed by atoms with Crippen LogP contribution in [-0.2, 0) is 19.0 Å². The van der Waals surface area contributed by atoms with Gasteiger partial charge in [-0.3, -0.25) is 4.90 Å². The molecular formula is C24H29NO7. The molecule has 1 fully saturated rings. The van der Waals surface area contributed by atoms with Crippen molar-refractivity contribution in [3.05, 3.63) is 59.7 Å². The molecular weight excluding hydrogens is 414 g/mol. The Morgan fingerprint density at radius 3 is 2.22 bits per heavy atom. The van der Waals surface area contributed by atoms with Gasteiger partial charge in [0.1, 0.15) is 23.1 Å². The molecule has 1 aliphatic heterocycles. The zero-order valence-corrected chi connectivity index (χ0v) is 19.2. The molecule has 0 bridgehead atoms. The van der Waals surface area contributed by atoms with Crippen LogP contribution in [0.25, 0.3) is 0 Å². The summed E-state index contributed by atoms with van der Waals surface area (Å²) in [5.74, 6) is 0.430. The van der Waals surface area contributed by atoms with E-state index in [1.54, 1.807) is 46.1 Å². The van der Waals surface area contributed by atoms with Gasteiger partial charge in [-0.15, -0.1) is 0 Å². The van der Waals surface area contributed by atoms with Crippen LogP contribution in [-0.4, -0.2) is 50.0 Å². The van der Waals surface area contributed by atoms with E-state index >= 15 is 0 Å². The molecule has 2 aromatic rings. The molecule has 3 rings (SSSR count). The summed E-state index contributed by atoms with van der Waals surface area (Å²) in [5.41, 5.74) is 0.506. The second-order valence-electron chi connectivity index (χ2n) is 8.28. The zero-order valence-electron chi connectivity index (χ0n) is 19.2. The summed E-state index contributed by atoms with van der Waals surface area (Å²) >= 11 is 0. The molecule has 0 N–H and O–H groups in total. The number of nitrogens with zero attached hydrogens (tertiary/aromatic N) is 1. The van der Waals surface area contributed by atoms with Gasteiger partial charge in [-0.05, 0) is 38.5 Å². The van der Waals surface area contributed by atoms with E-state index in [2.05, 4.69) is 0 Å². The van der Waals surface area contributed by atoms with Crippen molar-refractivity contribution in [2.75, 3.05) is 21.3 Å². The number of rotatable bonds is 5. The first-order valence-electron chi connectivity index (χ1n) is 10.2. The summed E-state index contributed by atoms with van der Waals surface area (Å²) in [4.78, 5) is 27.5. The number of hydrogen-bond acceptors (Lipinski definition) is 7. The van der Waals surface area contributed by atoms with Crippen molar-refractivity contribution in [1.29, 1.82) is 0 Å². The fourth-order valence-electron chi connectivity index (χ4n) is 3.63. The summed E-state index contributed by atoms with van der Waals surface area (Å²) in [7, 11) is 4.34. The van der Waals surface area contributed by atoms with Gasteiger partial charge < -0.3 is 23.7 Å². The smallest absolute Gasteiger partial charge is 0.413 e. The van der Waals surface area contributed by atoms with Crippen LogP contribution in [0.3, 0.4) is 0 Å². The van der Waals surface area contributed by atoms with E-state index in [0.717, 1.165) is 0 Å². The Morgan fingerprint density at radius 1 is 0.969 bits per heavy atom. The van der Waals surface area contributed by atoms with Crippen molar-refractivity contribution in [2.45, 2.75) is 44.7 Å². The highest BCUT2D eigenvalue weighted by Crippen LogP contribution is 2.47. The first kappa shape index (κ1) is 23.4. The lowest BCUT2D eigenvalue weighted by atomic mass is 10.0. The molecule has 0 saturated carbocycles. The lowest BCUT2D eigenvalue weighted by molar-refractivity contribution is -0.154. The monoisotopic (exact) mass is 443 g/mol. The number of benzene rings is 2. The molecule has 1 heterocycles. The zero-order chi connectivity index (χ0) is 23.5. The number of ether oxygens (including phenoxy) is 5. The average molecular weight is 443 g/mol. The third-order valence-corrected chi connectivity index (χ3v) is 5.00. The fraction of sp³-hybridized carbons (Fsp3) is 0.417. The molecule has 8 nitrogen and oxygen atoms in total. The molecule has 32 heavy (non-hydrogen) atoms. The fourth-order valence-corrected chi connectivity index (χ4v) is 3.63. The maximum Gasteiger partial charge on any atom is 0.413 e. The normalized spacial score (nSPS) is 20.6. The molecule has 1 aliphatic rings. The SMILES string of the molecule is COC(=O)C1OC(c2ccc(OC)cc2OC)N(C(=O)OC(C)(C)C)C1c1ccccc1. The van der Waals surface area contributed by atoms with Gasteiger partial charge in [0.15, 0.2) is 12.3 Å². The highest BCUT2D eigenvalue weighted by atomic mass is 16.6. The predicted octanol–water partition coefficient (Wildman–Crippen LogP) is 4.25. The Hall–Kier alpha value is -3.26. The van der Waals surface area contributed by atoms with Gasteiger partial charge in [-0.2, -0.15) is 0 Å². The van der Waals surface area contributed by atoms with Crippen LogP contribution in [0.15, 0.2) is 48.5 Å². The van der Waals surface area contributed by atoms with Crippen LogP contribution in [0.1, 0.15) is 44.2 Å². The Morgan fingerprint density at radius 2 is 1.66 bits per heavy atom. The summed E-state index contributed by atoms with van der Waals surface area (Å²) in [6, 6.07) is 13.6. The molecule has 2 aromatic carbocycles. The minimum atomic E-state index is -1.06. The molecule has 8 heteroatoms. The Balaban J connectivity index is 2.16. The highest BCUT2D eigenvalue weighted by Gasteiger charge is 2.52. The van der Waals surface area contributed by atoms with Crippen LogP contribution in [0.5, 0.6) is 11.5 Å². The van der Waals surface area contributed by atoms with E-state index in [1.165, 1.54) is 19.1 Å². The Bertz CT molecular complexity index is 955. The highest BCUT2D eigenvalue weighted by molar-refractivity contribution is 5.79. The quantitative estimate of drug-likeness (QED) is 0.639. The lowest BCUT2D eigenvalue weighted by Gasteiger charge is -2.32. The molecule has 0 aliphatic carbocycles. The minimum absolute atomic E-state index is 0.445. The number of esters is 1. The standard InChI is InChI=1S/C24H29NO7/c1-24(2,3)32-23(27)25-19(15-10-8-7-9-11-15)20(22(26)30-6)31-21(25)17-13-12-16(28-4)14-18(17)29-5/h7-14,19-21H,1-6H3. The summed E-state index contributed by atoms with van der Waals surface area (Å²) in [5, 5.41) is 0. The maximum atomic E-state index is 13.4. The number of amides is 1. The molecule has 3 atom stereocenters. The van der Waals surface area contributed by atoms with Gasteiger partial charge in [0.05, 0.1) is 21.3 Å². The minimum Gasteiger partial charge on any atom is -0.497 e. The van der Waals surface area contributed by atoms with Crippen molar-refractivity contribution in [3.8, 4) is 11.5 Å². The lowest BCUT2D eigenvalue weighted by Crippen LogP contribution is -2.40. The molecule has 0 aromatic heterocycles. The third kappa shape index (κ3) is 4.80. The van der Waals surface area contributed by atoms with Crippen LogP contribution in [0.4, 0.5) is 4.79 Å². The number of carbonyl (C=O) groups is 2. The van der Waals surface area contributed by atoms with E-state index in [1.807, 2.05) is 30.3 Å². The Labute approximate surface area is 188 Å². The van der Waals surface area contributed by atoms with Gasteiger partial charge >= 0.3 is 12.1 Å².